The SMILES string of the molecule is N#Cc1ccc2c(c1)c1cc(C#N)ccc1n2-c1ccnc(-c2cc(-c3nc(-c4ccccc4)nc(-c4ccccc4)n3)ccc2-n2c3ccc(C#N)cc3c3cc(C#N)ccc32)c1. The number of nitriles is 4. The van der Waals surface area contributed by atoms with Crippen LogP contribution in [0.1, 0.15) is 22.3 Å². The lowest BCUT2D eigenvalue weighted by Gasteiger charge is -2.17. The van der Waals surface area contributed by atoms with Crippen LogP contribution in [0, 0.1) is 45.3 Å². The third-order valence-corrected chi connectivity index (χ3v) is 11.5. The highest BCUT2D eigenvalue weighted by Gasteiger charge is 2.21. The van der Waals surface area contributed by atoms with Crippen molar-refractivity contribution in [3.05, 3.63) is 192 Å². The van der Waals surface area contributed by atoms with Gasteiger partial charge in [-0.25, -0.2) is 15.0 Å². The fraction of sp³-hybridized carbons (Fsp3) is 0. The second-order valence-corrected chi connectivity index (χ2v) is 15.2. The number of benzene rings is 7. The summed E-state index contributed by atoms with van der Waals surface area (Å²) in [7, 11) is 0. The molecular formula is C54H28N10. The van der Waals surface area contributed by atoms with Gasteiger partial charge in [0.1, 0.15) is 0 Å². The van der Waals surface area contributed by atoms with E-state index >= 15 is 0 Å². The maximum absolute atomic E-state index is 9.93. The zero-order valence-corrected chi connectivity index (χ0v) is 33.6. The fourth-order valence-electron chi connectivity index (χ4n) is 8.58. The first-order valence-corrected chi connectivity index (χ1v) is 20.3. The van der Waals surface area contributed by atoms with Crippen molar-refractivity contribution < 1.29 is 0 Å². The van der Waals surface area contributed by atoms with Crippen molar-refractivity contribution in [3.63, 3.8) is 0 Å². The first-order valence-electron chi connectivity index (χ1n) is 20.3. The molecule has 0 saturated heterocycles. The van der Waals surface area contributed by atoms with Gasteiger partial charge in [0, 0.05) is 55.7 Å². The lowest BCUT2D eigenvalue weighted by atomic mass is 10.0. The zero-order valence-electron chi connectivity index (χ0n) is 33.6. The van der Waals surface area contributed by atoms with E-state index in [1.165, 1.54) is 0 Å². The van der Waals surface area contributed by atoms with Gasteiger partial charge in [-0.15, -0.1) is 0 Å². The molecular weight excluding hydrogens is 789 g/mol. The van der Waals surface area contributed by atoms with E-state index in [9.17, 15) is 21.0 Å². The van der Waals surface area contributed by atoms with Crippen LogP contribution in [0.3, 0.4) is 0 Å². The van der Waals surface area contributed by atoms with Gasteiger partial charge < -0.3 is 9.13 Å². The van der Waals surface area contributed by atoms with Crippen LogP contribution in [0.2, 0.25) is 0 Å². The average Bonchev–Trinajstić information content (AvgIpc) is 3.87. The van der Waals surface area contributed by atoms with E-state index in [-0.39, 0.29) is 0 Å². The summed E-state index contributed by atoms with van der Waals surface area (Å²) < 4.78 is 4.27. The van der Waals surface area contributed by atoms with Crippen LogP contribution < -0.4 is 0 Å². The Labute approximate surface area is 365 Å². The maximum Gasteiger partial charge on any atom is 0.164 e. The molecule has 7 aromatic carbocycles. The molecule has 10 nitrogen and oxygen atoms in total. The smallest absolute Gasteiger partial charge is 0.164 e. The van der Waals surface area contributed by atoms with Crippen LogP contribution in [-0.2, 0) is 0 Å². The highest BCUT2D eigenvalue weighted by atomic mass is 15.0. The number of hydrogen-bond donors (Lipinski definition) is 0. The molecule has 0 fully saturated rings. The molecule has 0 spiro atoms. The Balaban J connectivity index is 1.19. The summed E-state index contributed by atoms with van der Waals surface area (Å²) in [4.78, 5) is 20.1. The number of nitrogens with zero attached hydrogens (tertiary/aromatic N) is 10. The minimum atomic E-state index is 0.472. The van der Waals surface area contributed by atoms with Crippen LogP contribution in [0.4, 0.5) is 0 Å². The van der Waals surface area contributed by atoms with Crippen molar-refractivity contribution in [1.82, 2.24) is 29.1 Å². The Morgan fingerprint density at radius 2 is 0.797 bits per heavy atom. The molecule has 0 amide bonds. The highest BCUT2D eigenvalue weighted by molar-refractivity contribution is 6.11. The zero-order chi connectivity index (χ0) is 43.3. The second-order valence-electron chi connectivity index (χ2n) is 15.2. The van der Waals surface area contributed by atoms with Gasteiger partial charge in [0.25, 0.3) is 0 Å². The minimum Gasteiger partial charge on any atom is -0.309 e. The van der Waals surface area contributed by atoms with Gasteiger partial charge in [0.2, 0.25) is 0 Å². The van der Waals surface area contributed by atoms with Crippen molar-refractivity contribution >= 4 is 43.6 Å². The molecule has 0 atom stereocenters. The Morgan fingerprint density at radius 3 is 1.23 bits per heavy atom. The number of fused-ring (bicyclic) bond motifs is 6. The van der Waals surface area contributed by atoms with E-state index in [1.54, 1.807) is 30.5 Å². The molecule has 0 saturated carbocycles. The maximum atomic E-state index is 9.93. The van der Waals surface area contributed by atoms with Crippen molar-refractivity contribution in [3.8, 4) is 81.1 Å². The molecule has 0 N–H and O–H groups in total. The van der Waals surface area contributed by atoms with E-state index < -0.39 is 0 Å². The van der Waals surface area contributed by atoms with Crippen LogP contribution in [-0.4, -0.2) is 29.1 Å². The molecule has 11 aromatic rings. The number of hydrogen-bond acceptors (Lipinski definition) is 8. The Bertz CT molecular complexity index is 3690. The first kappa shape index (κ1) is 37.3. The summed E-state index contributed by atoms with van der Waals surface area (Å²) in [5, 5.41) is 42.9. The Morgan fingerprint density at radius 1 is 0.375 bits per heavy atom. The number of rotatable bonds is 6. The van der Waals surface area contributed by atoms with E-state index in [4.69, 9.17) is 19.9 Å². The van der Waals surface area contributed by atoms with Crippen LogP contribution in [0.25, 0.3) is 100 Å². The van der Waals surface area contributed by atoms with E-state index in [2.05, 4.69) is 39.5 Å². The molecule has 0 bridgehead atoms. The van der Waals surface area contributed by atoms with Crippen LogP contribution in [0.5, 0.6) is 0 Å². The Hall–Kier alpha value is -9.74. The van der Waals surface area contributed by atoms with Crippen molar-refractivity contribution in [2.75, 3.05) is 0 Å². The third-order valence-electron chi connectivity index (χ3n) is 11.5. The van der Waals surface area contributed by atoms with Gasteiger partial charge in [-0.3, -0.25) is 4.98 Å². The minimum absolute atomic E-state index is 0.472. The molecule has 0 aliphatic heterocycles. The molecule has 0 radical (unpaired) electrons. The quantitative estimate of drug-likeness (QED) is 0.160. The van der Waals surface area contributed by atoms with Crippen LogP contribution in [0.15, 0.2) is 170 Å². The summed E-state index contributed by atoms with van der Waals surface area (Å²) in [6.45, 7) is 0. The molecule has 64 heavy (non-hydrogen) atoms. The molecule has 11 rings (SSSR count). The lowest BCUT2D eigenvalue weighted by Crippen LogP contribution is -2.03. The fourth-order valence-corrected chi connectivity index (χ4v) is 8.58. The van der Waals surface area contributed by atoms with Gasteiger partial charge in [0.05, 0.1) is 80.0 Å². The van der Waals surface area contributed by atoms with E-state index in [0.29, 0.717) is 45.4 Å². The molecule has 4 heterocycles. The standard InChI is InChI=1S/C54H28N10/c55-29-33-11-16-47-41(23-33)42-24-34(30-56)12-17-48(42)63(47)40-21-22-59-46(28-40)45-27-39(54-61-52(37-7-3-1-4-8-37)60-53(62-54)38-9-5-2-6-10-38)15-20-51(45)64-49-18-13-35(31-57)25-43(49)44-26-36(32-58)14-19-50(44)64/h1-28H. The van der Waals surface area contributed by atoms with Crippen LogP contribution >= 0.6 is 0 Å². The average molecular weight is 817 g/mol. The normalized spacial score (nSPS) is 11.1. The van der Waals surface area contributed by atoms with E-state index in [0.717, 1.165) is 77.2 Å². The number of pyridine rings is 1. The summed E-state index contributed by atoms with van der Waals surface area (Å²) in [6, 6.07) is 61.2. The van der Waals surface area contributed by atoms with Crippen molar-refractivity contribution in [1.29, 1.82) is 21.0 Å². The van der Waals surface area contributed by atoms with Gasteiger partial charge in [-0.2, -0.15) is 21.0 Å². The summed E-state index contributed by atoms with van der Waals surface area (Å²) in [5.74, 6) is 1.54. The second kappa shape index (κ2) is 15.1. The summed E-state index contributed by atoms with van der Waals surface area (Å²) in [5.41, 5.74) is 10.9. The van der Waals surface area contributed by atoms with Gasteiger partial charge in [-0.05, 0) is 103 Å². The highest BCUT2D eigenvalue weighted by Crippen LogP contribution is 2.40. The van der Waals surface area contributed by atoms with Gasteiger partial charge >= 0.3 is 0 Å². The molecule has 294 valence electrons. The third kappa shape index (κ3) is 6.16. The molecule has 0 unspecified atom stereocenters. The largest absolute Gasteiger partial charge is 0.309 e. The number of aromatic nitrogens is 6. The van der Waals surface area contributed by atoms with Crippen molar-refractivity contribution in [2.24, 2.45) is 0 Å². The van der Waals surface area contributed by atoms with Gasteiger partial charge in [0.15, 0.2) is 17.5 Å². The molecule has 4 aromatic heterocycles. The monoisotopic (exact) mass is 816 g/mol. The molecule has 10 heteroatoms. The van der Waals surface area contributed by atoms with Gasteiger partial charge in [-0.1, -0.05) is 60.7 Å². The summed E-state index contributed by atoms with van der Waals surface area (Å²) >= 11 is 0. The van der Waals surface area contributed by atoms with Crippen molar-refractivity contribution in [2.45, 2.75) is 0 Å². The molecule has 0 aliphatic carbocycles. The predicted molar refractivity (Wildman–Crippen MR) is 247 cm³/mol. The first-order chi connectivity index (χ1) is 31.5. The topological polar surface area (TPSA) is 157 Å². The molecule has 0 aliphatic rings. The summed E-state index contributed by atoms with van der Waals surface area (Å²) in [6.07, 6.45) is 1.78. The predicted octanol–water partition coefficient (Wildman–Crippen LogP) is 11.6. The van der Waals surface area contributed by atoms with E-state index in [1.807, 2.05) is 133 Å². The lowest BCUT2D eigenvalue weighted by molar-refractivity contribution is 1.07. The Kier molecular flexibility index (Phi) is 8.77.